The average molecular weight is 274 g/mol. The Morgan fingerprint density at radius 1 is 1.53 bits per heavy atom. The lowest BCUT2D eigenvalue weighted by atomic mass is 10.0. The fourth-order valence-corrected chi connectivity index (χ4v) is 2.09. The molecule has 0 aliphatic rings. The van der Waals surface area contributed by atoms with Crippen LogP contribution in [0.1, 0.15) is 24.1 Å². The van der Waals surface area contributed by atoms with Crippen LogP contribution in [0.4, 0.5) is 0 Å². The van der Waals surface area contributed by atoms with Crippen molar-refractivity contribution < 1.29 is 9.84 Å². The number of hydrogen-bond donors (Lipinski definition) is 2. The number of hydrogen-bond acceptors (Lipinski definition) is 3. The second-order valence-corrected chi connectivity index (χ2v) is 4.18. The van der Waals surface area contributed by atoms with Crippen molar-refractivity contribution in [1.82, 2.24) is 0 Å². The molecule has 3 nitrogen and oxygen atoms in total. The first-order chi connectivity index (χ1) is 7.13. The third kappa shape index (κ3) is 2.71. The number of aryl methyl sites for hydroxylation is 1. The number of nitrogens with two attached hydrogens (primary N) is 1. The standard InChI is InChI=1S/C11H16BrNO2/c1-3-7-4-11(15-2)8(5-9(7)12)10(13)6-14/h4-5,10,14H,3,6,13H2,1-2H3. The first kappa shape index (κ1) is 12.5. The SMILES string of the molecule is CCc1cc(OC)c(C(N)CO)cc1Br. The van der Waals surface area contributed by atoms with Crippen LogP contribution in [0.5, 0.6) is 5.75 Å². The molecule has 1 atom stereocenters. The molecule has 1 aromatic carbocycles. The molecule has 84 valence electrons. The second kappa shape index (κ2) is 5.49. The van der Waals surface area contributed by atoms with Crippen LogP contribution in [0.25, 0.3) is 0 Å². The van der Waals surface area contributed by atoms with Crippen LogP contribution < -0.4 is 10.5 Å². The summed E-state index contributed by atoms with van der Waals surface area (Å²) in [6.45, 7) is 1.99. The minimum Gasteiger partial charge on any atom is -0.496 e. The summed E-state index contributed by atoms with van der Waals surface area (Å²) in [5.74, 6) is 0.733. The Bertz CT molecular complexity index is 342. The van der Waals surface area contributed by atoms with Gasteiger partial charge >= 0.3 is 0 Å². The molecule has 0 saturated heterocycles. The molecule has 0 fully saturated rings. The predicted octanol–water partition coefficient (Wildman–Crippen LogP) is 2.01. The van der Waals surface area contributed by atoms with E-state index in [1.807, 2.05) is 12.1 Å². The number of rotatable bonds is 4. The van der Waals surface area contributed by atoms with Crippen LogP contribution in [0.3, 0.4) is 0 Å². The zero-order chi connectivity index (χ0) is 11.4. The van der Waals surface area contributed by atoms with Crippen molar-refractivity contribution in [2.75, 3.05) is 13.7 Å². The van der Waals surface area contributed by atoms with Gasteiger partial charge in [0.25, 0.3) is 0 Å². The Morgan fingerprint density at radius 3 is 2.67 bits per heavy atom. The third-order valence-electron chi connectivity index (χ3n) is 2.38. The molecule has 3 N–H and O–H groups in total. The molecule has 0 amide bonds. The lowest BCUT2D eigenvalue weighted by molar-refractivity contribution is 0.264. The highest BCUT2D eigenvalue weighted by Crippen LogP contribution is 2.30. The zero-order valence-corrected chi connectivity index (χ0v) is 10.5. The van der Waals surface area contributed by atoms with Crippen molar-refractivity contribution in [2.45, 2.75) is 19.4 Å². The summed E-state index contributed by atoms with van der Waals surface area (Å²) in [7, 11) is 1.61. The summed E-state index contributed by atoms with van der Waals surface area (Å²) < 4.78 is 6.26. The number of benzene rings is 1. The van der Waals surface area contributed by atoms with E-state index < -0.39 is 6.04 Å². The number of aliphatic hydroxyl groups is 1. The molecule has 4 heteroatoms. The summed E-state index contributed by atoms with van der Waals surface area (Å²) in [4.78, 5) is 0. The van der Waals surface area contributed by atoms with Crippen LogP contribution in [0, 0.1) is 0 Å². The van der Waals surface area contributed by atoms with E-state index in [4.69, 9.17) is 15.6 Å². The number of aliphatic hydroxyl groups excluding tert-OH is 1. The van der Waals surface area contributed by atoms with Gasteiger partial charge in [0, 0.05) is 10.0 Å². The molecule has 0 heterocycles. The molecule has 0 spiro atoms. The fraction of sp³-hybridized carbons (Fsp3) is 0.455. The minimum atomic E-state index is -0.401. The fourth-order valence-electron chi connectivity index (χ4n) is 1.45. The number of ether oxygens (including phenoxy) is 1. The summed E-state index contributed by atoms with van der Waals surface area (Å²) in [5.41, 5.74) is 7.77. The molecular weight excluding hydrogens is 258 g/mol. The third-order valence-corrected chi connectivity index (χ3v) is 3.11. The van der Waals surface area contributed by atoms with E-state index in [0.717, 1.165) is 22.2 Å². The highest BCUT2D eigenvalue weighted by atomic mass is 79.9. The predicted molar refractivity (Wildman–Crippen MR) is 64.1 cm³/mol. The Morgan fingerprint density at radius 2 is 2.20 bits per heavy atom. The molecule has 15 heavy (non-hydrogen) atoms. The van der Waals surface area contributed by atoms with Crippen molar-refractivity contribution in [1.29, 1.82) is 0 Å². The van der Waals surface area contributed by atoms with Crippen molar-refractivity contribution in [3.05, 3.63) is 27.7 Å². The zero-order valence-electron chi connectivity index (χ0n) is 8.96. The van der Waals surface area contributed by atoms with E-state index in [1.165, 1.54) is 5.56 Å². The molecule has 0 aliphatic carbocycles. The summed E-state index contributed by atoms with van der Waals surface area (Å²) in [6, 6.07) is 3.47. The molecule has 0 bridgehead atoms. The quantitative estimate of drug-likeness (QED) is 0.883. The molecule has 0 aromatic heterocycles. The molecule has 1 aromatic rings. The van der Waals surface area contributed by atoms with Gasteiger partial charge in [-0.05, 0) is 24.1 Å². The van der Waals surface area contributed by atoms with Gasteiger partial charge in [-0.3, -0.25) is 0 Å². The largest absolute Gasteiger partial charge is 0.496 e. The Labute approximate surface area is 98.4 Å². The maximum atomic E-state index is 9.03. The van der Waals surface area contributed by atoms with Crippen molar-refractivity contribution >= 4 is 15.9 Å². The van der Waals surface area contributed by atoms with Gasteiger partial charge in [-0.25, -0.2) is 0 Å². The highest BCUT2D eigenvalue weighted by Gasteiger charge is 2.13. The van der Waals surface area contributed by atoms with Crippen molar-refractivity contribution in [3.8, 4) is 5.75 Å². The number of methoxy groups -OCH3 is 1. The Hall–Kier alpha value is -0.580. The Balaban J connectivity index is 3.21. The van der Waals surface area contributed by atoms with Gasteiger partial charge in [-0.15, -0.1) is 0 Å². The van der Waals surface area contributed by atoms with Gasteiger partial charge in [-0.2, -0.15) is 0 Å². The number of halogens is 1. The molecular formula is C11H16BrNO2. The maximum Gasteiger partial charge on any atom is 0.124 e. The Kier molecular flexibility index (Phi) is 4.57. The van der Waals surface area contributed by atoms with E-state index in [-0.39, 0.29) is 6.61 Å². The lowest BCUT2D eigenvalue weighted by Crippen LogP contribution is -2.15. The molecule has 1 rings (SSSR count). The average Bonchev–Trinajstić information content (AvgIpc) is 2.27. The summed E-state index contributed by atoms with van der Waals surface area (Å²) in [6.07, 6.45) is 0.922. The first-order valence-electron chi connectivity index (χ1n) is 4.86. The molecule has 0 aliphatic heterocycles. The molecule has 1 unspecified atom stereocenters. The monoisotopic (exact) mass is 273 g/mol. The molecule has 0 radical (unpaired) electrons. The van der Waals surface area contributed by atoms with Crippen molar-refractivity contribution in [2.24, 2.45) is 5.73 Å². The van der Waals surface area contributed by atoms with Crippen LogP contribution in [0.2, 0.25) is 0 Å². The van der Waals surface area contributed by atoms with Crippen LogP contribution in [-0.2, 0) is 6.42 Å². The minimum absolute atomic E-state index is 0.0890. The van der Waals surface area contributed by atoms with E-state index in [2.05, 4.69) is 22.9 Å². The van der Waals surface area contributed by atoms with Gasteiger partial charge in [0.15, 0.2) is 0 Å². The summed E-state index contributed by atoms with van der Waals surface area (Å²) >= 11 is 3.48. The summed E-state index contributed by atoms with van der Waals surface area (Å²) in [5, 5.41) is 9.03. The van der Waals surface area contributed by atoms with Gasteiger partial charge < -0.3 is 15.6 Å². The molecule has 0 saturated carbocycles. The van der Waals surface area contributed by atoms with Crippen molar-refractivity contribution in [3.63, 3.8) is 0 Å². The normalized spacial score (nSPS) is 12.6. The first-order valence-corrected chi connectivity index (χ1v) is 5.66. The van der Waals surface area contributed by atoms with Crippen LogP contribution in [-0.4, -0.2) is 18.8 Å². The van der Waals surface area contributed by atoms with Crippen LogP contribution >= 0.6 is 15.9 Å². The van der Waals surface area contributed by atoms with E-state index >= 15 is 0 Å². The van der Waals surface area contributed by atoms with E-state index in [0.29, 0.717) is 0 Å². The van der Waals surface area contributed by atoms with Crippen LogP contribution in [0.15, 0.2) is 16.6 Å². The van der Waals surface area contributed by atoms with Gasteiger partial charge in [-0.1, -0.05) is 22.9 Å². The van der Waals surface area contributed by atoms with Gasteiger partial charge in [0.05, 0.1) is 19.8 Å². The van der Waals surface area contributed by atoms with E-state index in [9.17, 15) is 0 Å². The smallest absolute Gasteiger partial charge is 0.124 e. The van der Waals surface area contributed by atoms with Gasteiger partial charge in [0.2, 0.25) is 0 Å². The van der Waals surface area contributed by atoms with E-state index in [1.54, 1.807) is 7.11 Å². The topological polar surface area (TPSA) is 55.5 Å². The second-order valence-electron chi connectivity index (χ2n) is 3.33. The van der Waals surface area contributed by atoms with Gasteiger partial charge in [0.1, 0.15) is 5.75 Å². The maximum absolute atomic E-state index is 9.03. The lowest BCUT2D eigenvalue weighted by Gasteiger charge is -2.15. The highest BCUT2D eigenvalue weighted by molar-refractivity contribution is 9.10.